The summed E-state index contributed by atoms with van der Waals surface area (Å²) in [4.78, 5) is 0. The van der Waals surface area contributed by atoms with Gasteiger partial charge in [0.2, 0.25) is 0 Å². The summed E-state index contributed by atoms with van der Waals surface area (Å²) in [6.45, 7) is 4.56. The molecule has 0 amide bonds. The van der Waals surface area contributed by atoms with Crippen LogP contribution in [0.4, 0.5) is 0 Å². The predicted octanol–water partition coefficient (Wildman–Crippen LogP) is 4.65. The molecule has 1 aliphatic rings. The van der Waals surface area contributed by atoms with Gasteiger partial charge in [-0.3, -0.25) is 0 Å². The van der Waals surface area contributed by atoms with Crippen molar-refractivity contribution in [1.82, 2.24) is 0 Å². The van der Waals surface area contributed by atoms with E-state index in [1.807, 2.05) is 0 Å². The van der Waals surface area contributed by atoms with Crippen LogP contribution in [0.25, 0.3) is 11.1 Å². The summed E-state index contributed by atoms with van der Waals surface area (Å²) in [5.41, 5.74) is 7.37. The number of benzene rings is 2. The average Bonchev–Trinajstić information content (AvgIpc) is 2.79. The number of hydrogen-bond donors (Lipinski definition) is 0. The minimum atomic E-state index is 0.802. The highest BCUT2D eigenvalue weighted by molar-refractivity contribution is 5.70. The number of rotatable bonds is 2. The third-order valence-electron chi connectivity index (χ3n) is 4.07. The third-order valence-corrected chi connectivity index (χ3v) is 4.07. The fourth-order valence-electron chi connectivity index (χ4n) is 3.05. The van der Waals surface area contributed by atoms with Gasteiger partial charge in [-0.1, -0.05) is 56.3 Å². The second-order valence-electron chi connectivity index (χ2n) is 5.51. The summed E-state index contributed by atoms with van der Waals surface area (Å²) in [6.07, 6.45) is 3.60. The molecule has 2 aromatic rings. The van der Waals surface area contributed by atoms with Gasteiger partial charge in [0, 0.05) is 0 Å². The van der Waals surface area contributed by atoms with E-state index < -0.39 is 0 Å². The van der Waals surface area contributed by atoms with Crippen molar-refractivity contribution in [3.8, 4) is 11.1 Å². The van der Waals surface area contributed by atoms with Gasteiger partial charge in [-0.2, -0.15) is 0 Å². The van der Waals surface area contributed by atoms with E-state index >= 15 is 0 Å². The number of hydrogen-bond acceptors (Lipinski definition) is 0. The molecule has 0 nitrogen and oxygen atoms in total. The standard InChI is InChI=1S/C18H20/c1-3-14-7-9-15(10-8-14)17-6-4-5-16-11-13(2)12-18(16)17/h4-10,13H,3,11-12H2,1-2H3. The summed E-state index contributed by atoms with van der Waals surface area (Å²) < 4.78 is 0. The molecule has 0 saturated carbocycles. The van der Waals surface area contributed by atoms with E-state index in [9.17, 15) is 0 Å². The molecule has 3 rings (SSSR count). The molecule has 0 fully saturated rings. The zero-order valence-electron chi connectivity index (χ0n) is 11.2. The number of aryl methyl sites for hydroxylation is 1. The molecule has 1 unspecified atom stereocenters. The molecule has 0 radical (unpaired) electrons. The molecule has 1 atom stereocenters. The van der Waals surface area contributed by atoms with Gasteiger partial charge in [-0.05, 0) is 53.0 Å². The van der Waals surface area contributed by atoms with Crippen molar-refractivity contribution < 1.29 is 0 Å². The molecular weight excluding hydrogens is 216 g/mol. The quantitative estimate of drug-likeness (QED) is 0.712. The first-order chi connectivity index (χ1) is 8.78. The van der Waals surface area contributed by atoms with Crippen LogP contribution in [-0.2, 0) is 19.3 Å². The van der Waals surface area contributed by atoms with Crippen LogP contribution in [0.15, 0.2) is 42.5 Å². The minimum absolute atomic E-state index is 0.802. The zero-order chi connectivity index (χ0) is 12.5. The Labute approximate surface area is 110 Å². The van der Waals surface area contributed by atoms with Crippen LogP contribution in [0.3, 0.4) is 0 Å². The van der Waals surface area contributed by atoms with Gasteiger partial charge in [0.1, 0.15) is 0 Å². The van der Waals surface area contributed by atoms with Gasteiger partial charge in [-0.15, -0.1) is 0 Å². The summed E-state index contributed by atoms with van der Waals surface area (Å²) in [7, 11) is 0. The lowest BCUT2D eigenvalue weighted by Gasteiger charge is -2.09. The van der Waals surface area contributed by atoms with Crippen LogP contribution in [0.1, 0.15) is 30.5 Å². The average molecular weight is 236 g/mol. The first kappa shape index (κ1) is 11.5. The van der Waals surface area contributed by atoms with E-state index in [0.717, 1.165) is 12.3 Å². The monoisotopic (exact) mass is 236 g/mol. The van der Waals surface area contributed by atoms with Crippen LogP contribution in [0, 0.1) is 5.92 Å². The molecule has 0 N–H and O–H groups in total. The maximum atomic E-state index is 2.35. The van der Waals surface area contributed by atoms with Gasteiger partial charge >= 0.3 is 0 Å². The molecule has 1 aliphatic carbocycles. The van der Waals surface area contributed by atoms with Gasteiger partial charge in [0.15, 0.2) is 0 Å². The van der Waals surface area contributed by atoms with Crippen LogP contribution >= 0.6 is 0 Å². The van der Waals surface area contributed by atoms with Crippen molar-refractivity contribution in [2.75, 3.05) is 0 Å². The Bertz CT molecular complexity index is 549. The largest absolute Gasteiger partial charge is 0.0619 e. The molecule has 0 bridgehead atoms. The van der Waals surface area contributed by atoms with Gasteiger partial charge in [0.05, 0.1) is 0 Å². The van der Waals surface area contributed by atoms with Gasteiger partial charge in [0.25, 0.3) is 0 Å². The highest BCUT2D eigenvalue weighted by atomic mass is 14.2. The van der Waals surface area contributed by atoms with Gasteiger partial charge in [-0.25, -0.2) is 0 Å². The predicted molar refractivity (Wildman–Crippen MR) is 77.8 cm³/mol. The Kier molecular flexibility index (Phi) is 2.95. The Morgan fingerprint density at radius 1 is 1.00 bits per heavy atom. The SMILES string of the molecule is CCc1ccc(-c2cccc3c2CC(C)C3)cc1. The van der Waals surface area contributed by atoms with Crippen molar-refractivity contribution in [2.45, 2.75) is 33.1 Å². The summed E-state index contributed by atoms with van der Waals surface area (Å²) in [6, 6.07) is 15.8. The molecule has 0 spiro atoms. The van der Waals surface area contributed by atoms with Gasteiger partial charge < -0.3 is 0 Å². The molecule has 18 heavy (non-hydrogen) atoms. The first-order valence-corrected chi connectivity index (χ1v) is 6.98. The van der Waals surface area contributed by atoms with Crippen LogP contribution in [0.2, 0.25) is 0 Å². The van der Waals surface area contributed by atoms with E-state index in [2.05, 4.69) is 56.3 Å². The zero-order valence-corrected chi connectivity index (χ0v) is 11.2. The first-order valence-electron chi connectivity index (χ1n) is 6.98. The Morgan fingerprint density at radius 3 is 2.50 bits per heavy atom. The molecular formula is C18H20. The van der Waals surface area contributed by atoms with E-state index in [0.29, 0.717) is 0 Å². The second-order valence-corrected chi connectivity index (χ2v) is 5.51. The topological polar surface area (TPSA) is 0 Å². The fourth-order valence-corrected chi connectivity index (χ4v) is 3.05. The molecule has 0 heteroatoms. The van der Waals surface area contributed by atoms with E-state index in [4.69, 9.17) is 0 Å². The molecule has 92 valence electrons. The molecule has 2 aromatic carbocycles. The van der Waals surface area contributed by atoms with E-state index in [-0.39, 0.29) is 0 Å². The van der Waals surface area contributed by atoms with Crippen LogP contribution < -0.4 is 0 Å². The lowest BCUT2D eigenvalue weighted by atomic mass is 9.96. The minimum Gasteiger partial charge on any atom is -0.0619 e. The summed E-state index contributed by atoms with van der Waals surface area (Å²) >= 11 is 0. The van der Waals surface area contributed by atoms with E-state index in [1.54, 1.807) is 11.1 Å². The normalized spacial score (nSPS) is 17.8. The van der Waals surface area contributed by atoms with Crippen molar-refractivity contribution in [1.29, 1.82) is 0 Å². The van der Waals surface area contributed by atoms with E-state index in [1.165, 1.54) is 29.5 Å². The third kappa shape index (κ3) is 1.96. The van der Waals surface area contributed by atoms with Crippen molar-refractivity contribution >= 4 is 0 Å². The van der Waals surface area contributed by atoms with Crippen LogP contribution in [-0.4, -0.2) is 0 Å². The maximum Gasteiger partial charge on any atom is -0.0149 e. The summed E-state index contributed by atoms with van der Waals surface area (Å²) in [5, 5.41) is 0. The Hall–Kier alpha value is -1.56. The maximum absolute atomic E-state index is 2.35. The Morgan fingerprint density at radius 2 is 1.78 bits per heavy atom. The Balaban J connectivity index is 2.04. The highest BCUT2D eigenvalue weighted by Crippen LogP contribution is 2.34. The molecule has 0 aliphatic heterocycles. The van der Waals surface area contributed by atoms with Crippen LogP contribution in [0.5, 0.6) is 0 Å². The lowest BCUT2D eigenvalue weighted by molar-refractivity contribution is 0.628. The highest BCUT2D eigenvalue weighted by Gasteiger charge is 2.20. The lowest BCUT2D eigenvalue weighted by Crippen LogP contribution is -1.91. The fraction of sp³-hybridized carbons (Fsp3) is 0.333. The molecule has 0 aromatic heterocycles. The smallest absolute Gasteiger partial charge is 0.0149 e. The second kappa shape index (κ2) is 4.61. The molecule has 0 saturated heterocycles. The summed E-state index contributed by atoms with van der Waals surface area (Å²) in [5.74, 6) is 0.802. The van der Waals surface area contributed by atoms with Crippen molar-refractivity contribution in [3.63, 3.8) is 0 Å². The van der Waals surface area contributed by atoms with Crippen molar-refractivity contribution in [2.24, 2.45) is 5.92 Å². The molecule has 0 heterocycles. The number of fused-ring (bicyclic) bond motifs is 1. The van der Waals surface area contributed by atoms with Crippen molar-refractivity contribution in [3.05, 3.63) is 59.2 Å².